The molecule has 3 aromatic rings. The predicted octanol–water partition coefficient (Wildman–Crippen LogP) is 1.94. The summed E-state index contributed by atoms with van der Waals surface area (Å²) in [5.74, 6) is 5.47. The van der Waals surface area contributed by atoms with Crippen molar-refractivity contribution in [2.75, 3.05) is 5.32 Å². The summed E-state index contributed by atoms with van der Waals surface area (Å²) in [4.78, 5) is 24.5. The molecule has 0 spiro atoms. The molecular weight excluding hydrogens is 300 g/mol. The first-order valence-electron chi connectivity index (χ1n) is 6.39. The minimum Gasteiger partial charge on any atom is -0.323 e. The van der Waals surface area contributed by atoms with Crippen molar-refractivity contribution in [2.24, 2.45) is 10.9 Å². The number of nitrogens with one attached hydrogen (secondary N) is 1. The molecule has 7 nitrogen and oxygen atoms in total. The van der Waals surface area contributed by atoms with E-state index in [1.165, 1.54) is 23.7 Å². The average Bonchev–Trinajstić information content (AvgIpc) is 2.89. The molecule has 0 aliphatic carbocycles. The fraction of sp³-hybridized carbons (Fsp3) is 0.0714. The maximum atomic E-state index is 12.1. The van der Waals surface area contributed by atoms with Crippen molar-refractivity contribution in [1.82, 2.24) is 15.0 Å². The molecule has 0 saturated heterocycles. The largest absolute Gasteiger partial charge is 0.323 e. The molecule has 1 amide bonds. The highest BCUT2D eigenvalue weighted by Crippen LogP contribution is 2.26. The fourth-order valence-corrected chi connectivity index (χ4v) is 2.75. The van der Waals surface area contributed by atoms with Gasteiger partial charge in [-0.1, -0.05) is 17.4 Å². The van der Waals surface area contributed by atoms with Crippen LogP contribution < -0.4 is 11.2 Å². The molecule has 8 heteroatoms. The molecule has 2 heterocycles. The minimum absolute atomic E-state index is 0.289. The van der Waals surface area contributed by atoms with Crippen LogP contribution >= 0.6 is 11.3 Å². The molecule has 1 aromatic carbocycles. The number of hydrogen-bond donors (Lipinski definition) is 2. The first-order valence-corrected chi connectivity index (χ1v) is 7.21. The van der Waals surface area contributed by atoms with Crippen LogP contribution in [0.2, 0.25) is 0 Å². The number of nitrogens with zero attached hydrogens (tertiary/aromatic N) is 4. The Morgan fingerprint density at radius 3 is 2.86 bits per heavy atom. The molecule has 3 rings (SSSR count). The zero-order valence-corrected chi connectivity index (χ0v) is 12.5. The lowest BCUT2D eigenvalue weighted by Gasteiger charge is -2.00. The van der Waals surface area contributed by atoms with E-state index in [0.29, 0.717) is 16.5 Å². The summed E-state index contributed by atoms with van der Waals surface area (Å²) in [5, 5.41) is 6.76. The van der Waals surface area contributed by atoms with Crippen LogP contribution in [-0.4, -0.2) is 27.1 Å². The van der Waals surface area contributed by atoms with Crippen molar-refractivity contribution in [3.63, 3.8) is 0 Å². The van der Waals surface area contributed by atoms with E-state index in [-0.39, 0.29) is 5.91 Å². The Bertz CT molecular complexity index is 855. The Kier molecular flexibility index (Phi) is 3.75. The second-order valence-electron chi connectivity index (χ2n) is 4.50. The van der Waals surface area contributed by atoms with Gasteiger partial charge in [0.25, 0.3) is 5.91 Å². The number of benzene rings is 1. The molecule has 0 saturated carbocycles. The monoisotopic (exact) mass is 312 g/mol. The van der Waals surface area contributed by atoms with Crippen LogP contribution in [0.4, 0.5) is 5.13 Å². The van der Waals surface area contributed by atoms with E-state index in [1.54, 1.807) is 13.1 Å². The summed E-state index contributed by atoms with van der Waals surface area (Å²) in [6.07, 6.45) is 4.53. The summed E-state index contributed by atoms with van der Waals surface area (Å²) < 4.78 is 0.938. The molecule has 0 aliphatic rings. The Morgan fingerprint density at radius 1 is 1.36 bits per heavy atom. The van der Waals surface area contributed by atoms with Gasteiger partial charge in [0.05, 0.1) is 22.0 Å². The third kappa shape index (κ3) is 2.91. The van der Waals surface area contributed by atoms with E-state index in [9.17, 15) is 4.79 Å². The van der Waals surface area contributed by atoms with Gasteiger partial charge in [-0.2, -0.15) is 5.10 Å². The van der Waals surface area contributed by atoms with Gasteiger partial charge >= 0.3 is 0 Å². The maximum Gasteiger partial charge on any atom is 0.260 e. The van der Waals surface area contributed by atoms with E-state index < -0.39 is 0 Å². The molecule has 0 atom stereocenters. The molecule has 0 bridgehead atoms. The van der Waals surface area contributed by atoms with E-state index in [0.717, 1.165) is 15.8 Å². The Hall–Kier alpha value is -2.87. The van der Waals surface area contributed by atoms with Crippen molar-refractivity contribution >= 4 is 38.8 Å². The van der Waals surface area contributed by atoms with E-state index in [4.69, 9.17) is 5.84 Å². The average molecular weight is 312 g/mol. The lowest BCUT2D eigenvalue weighted by Crippen LogP contribution is -2.12. The Labute approximate surface area is 129 Å². The van der Waals surface area contributed by atoms with Crippen molar-refractivity contribution in [1.29, 1.82) is 0 Å². The lowest BCUT2D eigenvalue weighted by molar-refractivity contribution is 0.102. The fourth-order valence-electron chi connectivity index (χ4n) is 1.84. The number of aromatic nitrogens is 3. The number of carbonyl (C=O) groups excluding carboxylic acids is 1. The molecular formula is C14H12N6OS. The molecule has 0 unspecified atom stereocenters. The SMILES string of the molecule is Cc1ncc(C(=O)Nc2nc3ccc(C=NN)cc3s2)cn1. The van der Waals surface area contributed by atoms with Gasteiger partial charge in [-0.3, -0.25) is 10.1 Å². The molecule has 0 radical (unpaired) electrons. The smallest absolute Gasteiger partial charge is 0.260 e. The summed E-state index contributed by atoms with van der Waals surface area (Å²) in [6, 6.07) is 5.62. The summed E-state index contributed by atoms with van der Waals surface area (Å²) in [7, 11) is 0. The standard InChI is InChI=1S/C14H12N6OS/c1-8-16-6-10(7-17-8)13(21)20-14-19-11-3-2-9(5-18-15)4-12(11)22-14/h2-7H,15H2,1H3,(H,19,20,21). The number of thiazole rings is 1. The molecule has 3 N–H and O–H groups in total. The number of fused-ring (bicyclic) bond motifs is 1. The highest BCUT2D eigenvalue weighted by Gasteiger charge is 2.11. The minimum atomic E-state index is -0.289. The quantitative estimate of drug-likeness (QED) is 0.437. The third-order valence-corrected chi connectivity index (χ3v) is 3.83. The van der Waals surface area contributed by atoms with Gasteiger partial charge in [0.15, 0.2) is 5.13 Å². The molecule has 0 fully saturated rings. The van der Waals surface area contributed by atoms with Crippen LogP contribution in [0.3, 0.4) is 0 Å². The zero-order chi connectivity index (χ0) is 15.5. The van der Waals surface area contributed by atoms with Crippen LogP contribution in [0.1, 0.15) is 21.7 Å². The Morgan fingerprint density at radius 2 is 2.14 bits per heavy atom. The second kappa shape index (κ2) is 5.86. The topological polar surface area (TPSA) is 106 Å². The molecule has 0 aliphatic heterocycles. The maximum absolute atomic E-state index is 12.1. The Balaban J connectivity index is 1.84. The first kappa shape index (κ1) is 14.1. The van der Waals surface area contributed by atoms with Crippen LogP contribution in [0.5, 0.6) is 0 Å². The van der Waals surface area contributed by atoms with Gasteiger partial charge in [-0.05, 0) is 24.6 Å². The number of hydrogen-bond acceptors (Lipinski definition) is 7. The number of hydrazone groups is 1. The van der Waals surface area contributed by atoms with Gasteiger partial charge in [0.2, 0.25) is 0 Å². The van der Waals surface area contributed by atoms with Crippen molar-refractivity contribution in [3.8, 4) is 0 Å². The van der Waals surface area contributed by atoms with E-state index in [1.807, 2.05) is 18.2 Å². The van der Waals surface area contributed by atoms with Gasteiger partial charge in [-0.15, -0.1) is 0 Å². The van der Waals surface area contributed by atoms with Crippen LogP contribution in [0.25, 0.3) is 10.2 Å². The van der Waals surface area contributed by atoms with Gasteiger partial charge in [-0.25, -0.2) is 15.0 Å². The van der Waals surface area contributed by atoms with E-state index in [2.05, 4.69) is 25.4 Å². The second-order valence-corrected chi connectivity index (χ2v) is 5.53. The van der Waals surface area contributed by atoms with Gasteiger partial charge < -0.3 is 5.84 Å². The summed E-state index contributed by atoms with van der Waals surface area (Å²) >= 11 is 1.38. The molecule has 110 valence electrons. The van der Waals surface area contributed by atoms with E-state index >= 15 is 0 Å². The third-order valence-electron chi connectivity index (χ3n) is 2.90. The first-order chi connectivity index (χ1) is 10.7. The zero-order valence-electron chi connectivity index (χ0n) is 11.6. The number of anilines is 1. The summed E-state index contributed by atoms with van der Waals surface area (Å²) in [5.41, 5.74) is 2.07. The normalized spacial score (nSPS) is 11.1. The van der Waals surface area contributed by atoms with Gasteiger partial charge in [0.1, 0.15) is 5.82 Å². The number of carbonyl (C=O) groups is 1. The van der Waals surface area contributed by atoms with Crippen molar-refractivity contribution < 1.29 is 4.79 Å². The van der Waals surface area contributed by atoms with Crippen LogP contribution in [0.15, 0.2) is 35.7 Å². The van der Waals surface area contributed by atoms with Crippen LogP contribution in [0, 0.1) is 6.92 Å². The number of amides is 1. The number of rotatable bonds is 3. The van der Waals surface area contributed by atoms with Crippen LogP contribution in [-0.2, 0) is 0 Å². The van der Waals surface area contributed by atoms with Crippen molar-refractivity contribution in [3.05, 3.63) is 47.5 Å². The summed E-state index contributed by atoms with van der Waals surface area (Å²) in [6.45, 7) is 1.76. The van der Waals surface area contributed by atoms with Crippen molar-refractivity contribution in [2.45, 2.75) is 6.92 Å². The number of aryl methyl sites for hydroxylation is 1. The van der Waals surface area contributed by atoms with Gasteiger partial charge in [0, 0.05) is 12.4 Å². The highest BCUT2D eigenvalue weighted by molar-refractivity contribution is 7.22. The highest BCUT2D eigenvalue weighted by atomic mass is 32.1. The predicted molar refractivity (Wildman–Crippen MR) is 86.1 cm³/mol. The molecule has 2 aromatic heterocycles. The lowest BCUT2D eigenvalue weighted by atomic mass is 10.2. The molecule has 22 heavy (non-hydrogen) atoms. The number of nitrogens with two attached hydrogens (primary N) is 1.